The Balaban J connectivity index is 1.26. The molecule has 204 valence electrons. The third-order valence-electron chi connectivity index (χ3n) is 7.37. The quantitative estimate of drug-likeness (QED) is 0.166. The fourth-order valence-electron chi connectivity index (χ4n) is 5.43. The maximum atomic E-state index is 12.7. The molecule has 0 aliphatic heterocycles. The first-order valence-electron chi connectivity index (χ1n) is 13.4. The third kappa shape index (κ3) is 6.31. The van der Waals surface area contributed by atoms with Gasteiger partial charge in [-0.15, -0.1) is 0 Å². The van der Waals surface area contributed by atoms with E-state index in [-0.39, 0.29) is 25.2 Å². The number of hydrogen-bond donors (Lipinski definition) is 2. The zero-order chi connectivity index (χ0) is 28.1. The van der Waals surface area contributed by atoms with Crippen LogP contribution in [0.5, 0.6) is 5.75 Å². The summed E-state index contributed by atoms with van der Waals surface area (Å²) in [5, 5.41) is 19.0. The van der Waals surface area contributed by atoms with Crippen molar-refractivity contribution in [1.29, 1.82) is 0 Å². The second-order valence-electron chi connectivity index (χ2n) is 10.2. The van der Waals surface area contributed by atoms with E-state index in [1.165, 1.54) is 21.9 Å². The molecule has 0 unspecified atom stereocenters. The second kappa shape index (κ2) is 12.0. The Bertz CT molecular complexity index is 1560. The lowest BCUT2D eigenvalue weighted by Crippen LogP contribution is -2.08. The van der Waals surface area contributed by atoms with E-state index < -0.39 is 11.9 Å². The fourth-order valence-corrected chi connectivity index (χ4v) is 5.43. The van der Waals surface area contributed by atoms with Crippen molar-refractivity contribution in [3.8, 4) is 5.75 Å². The minimum atomic E-state index is -1.05. The van der Waals surface area contributed by atoms with Gasteiger partial charge in [0.2, 0.25) is 0 Å². The monoisotopic (exact) mass is 537 g/mol. The predicted molar refractivity (Wildman–Crippen MR) is 154 cm³/mol. The minimum absolute atomic E-state index is 0.149. The average Bonchev–Trinajstić information content (AvgIpc) is 3.52. The standard InChI is InChI=1S/C33H31NO6/c35-30(14-15-31(36)37)29-20-34(21-32(38)39)33-24(6-3-7-28(29)33)11-8-22-9-12-27(13-10-22)40-17-16-23-18-25-4-1-2-5-26(25)19-23/h1-13,20,23H,14-19,21H2,(H,36,37)(H,38,39)/b11-8+. The number of ether oxygens (including phenoxy) is 1. The average molecular weight is 538 g/mol. The van der Waals surface area contributed by atoms with E-state index in [0.29, 0.717) is 29.0 Å². The second-order valence-corrected chi connectivity index (χ2v) is 10.2. The Kier molecular flexibility index (Phi) is 8.10. The van der Waals surface area contributed by atoms with Gasteiger partial charge in [0.25, 0.3) is 0 Å². The van der Waals surface area contributed by atoms with Crippen molar-refractivity contribution < 1.29 is 29.3 Å². The van der Waals surface area contributed by atoms with Gasteiger partial charge in [0.05, 0.1) is 18.5 Å². The molecule has 1 aliphatic carbocycles. The number of hydrogen-bond acceptors (Lipinski definition) is 4. The lowest BCUT2D eigenvalue weighted by Gasteiger charge is -2.11. The van der Waals surface area contributed by atoms with Crippen LogP contribution < -0.4 is 4.74 Å². The smallest absolute Gasteiger partial charge is 0.323 e. The van der Waals surface area contributed by atoms with E-state index in [4.69, 9.17) is 9.84 Å². The molecule has 5 rings (SSSR count). The summed E-state index contributed by atoms with van der Waals surface area (Å²) < 4.78 is 7.54. The Morgan fingerprint density at radius 2 is 1.57 bits per heavy atom. The summed E-state index contributed by atoms with van der Waals surface area (Å²) in [6, 6.07) is 21.9. The maximum absolute atomic E-state index is 12.7. The highest BCUT2D eigenvalue weighted by Crippen LogP contribution is 2.30. The number of rotatable bonds is 12. The van der Waals surface area contributed by atoms with Crippen molar-refractivity contribution >= 4 is 40.8 Å². The van der Waals surface area contributed by atoms with E-state index >= 15 is 0 Å². The minimum Gasteiger partial charge on any atom is -0.494 e. The van der Waals surface area contributed by atoms with Crippen LogP contribution in [-0.4, -0.2) is 39.1 Å². The summed E-state index contributed by atoms with van der Waals surface area (Å²) in [5.74, 6) is -0.980. The van der Waals surface area contributed by atoms with Crippen molar-refractivity contribution in [1.82, 2.24) is 4.57 Å². The van der Waals surface area contributed by atoms with Gasteiger partial charge >= 0.3 is 11.9 Å². The fraction of sp³-hybridized carbons (Fsp3) is 0.242. The van der Waals surface area contributed by atoms with Gasteiger partial charge in [-0.2, -0.15) is 0 Å². The Morgan fingerprint density at radius 1 is 0.850 bits per heavy atom. The SMILES string of the molecule is O=C(O)CCC(=O)c1cn(CC(=O)O)c2c(/C=C/c3ccc(OCCC4Cc5ccccc5C4)cc3)cccc12. The Hall–Kier alpha value is -4.65. The van der Waals surface area contributed by atoms with E-state index in [2.05, 4.69) is 24.3 Å². The van der Waals surface area contributed by atoms with Gasteiger partial charge in [-0.25, -0.2) is 0 Å². The number of nitrogens with zero attached hydrogens (tertiary/aromatic N) is 1. The lowest BCUT2D eigenvalue weighted by atomic mass is 10.0. The Labute approximate surface area is 232 Å². The molecule has 40 heavy (non-hydrogen) atoms. The molecule has 7 nitrogen and oxygen atoms in total. The Morgan fingerprint density at radius 3 is 2.25 bits per heavy atom. The topological polar surface area (TPSA) is 106 Å². The van der Waals surface area contributed by atoms with Crippen LogP contribution in [0.3, 0.4) is 0 Å². The molecule has 0 fully saturated rings. The van der Waals surface area contributed by atoms with Gasteiger partial charge < -0.3 is 19.5 Å². The highest BCUT2D eigenvalue weighted by atomic mass is 16.5. The molecule has 0 amide bonds. The molecule has 0 saturated heterocycles. The highest BCUT2D eigenvalue weighted by Gasteiger charge is 2.21. The van der Waals surface area contributed by atoms with Crippen LogP contribution in [0.2, 0.25) is 0 Å². The predicted octanol–water partition coefficient (Wildman–Crippen LogP) is 6.13. The molecule has 2 N–H and O–H groups in total. The lowest BCUT2D eigenvalue weighted by molar-refractivity contribution is -0.138. The van der Waals surface area contributed by atoms with E-state index in [1.807, 2.05) is 42.5 Å². The van der Waals surface area contributed by atoms with Crippen LogP contribution in [-0.2, 0) is 29.0 Å². The molecular formula is C33H31NO6. The van der Waals surface area contributed by atoms with E-state index in [9.17, 15) is 19.5 Å². The molecule has 1 aromatic heterocycles. The molecule has 0 bridgehead atoms. The number of fused-ring (bicyclic) bond motifs is 2. The van der Waals surface area contributed by atoms with Crippen LogP contribution in [0, 0.1) is 5.92 Å². The van der Waals surface area contributed by atoms with Gasteiger partial charge in [-0.05, 0) is 59.6 Å². The van der Waals surface area contributed by atoms with Crippen molar-refractivity contribution in [2.75, 3.05) is 6.61 Å². The number of carboxylic acids is 2. The van der Waals surface area contributed by atoms with E-state index in [1.54, 1.807) is 12.1 Å². The molecular weight excluding hydrogens is 506 g/mol. The van der Waals surface area contributed by atoms with Crippen molar-refractivity contribution in [2.24, 2.45) is 5.92 Å². The maximum Gasteiger partial charge on any atom is 0.323 e. The number of carbonyl (C=O) groups excluding carboxylic acids is 1. The normalized spacial score (nSPS) is 13.1. The highest BCUT2D eigenvalue weighted by molar-refractivity contribution is 6.10. The first-order valence-corrected chi connectivity index (χ1v) is 13.4. The van der Waals surface area contributed by atoms with Crippen molar-refractivity contribution in [2.45, 2.75) is 38.6 Å². The molecule has 0 saturated carbocycles. The van der Waals surface area contributed by atoms with Crippen molar-refractivity contribution in [3.05, 3.63) is 101 Å². The molecule has 0 atom stereocenters. The zero-order valence-corrected chi connectivity index (χ0v) is 22.1. The van der Waals surface area contributed by atoms with Crippen LogP contribution in [0.4, 0.5) is 0 Å². The van der Waals surface area contributed by atoms with E-state index in [0.717, 1.165) is 36.1 Å². The number of benzene rings is 3. The number of Topliss-reactive ketones (excluding diaryl/α,β-unsaturated/α-hetero) is 1. The summed E-state index contributed by atoms with van der Waals surface area (Å²) in [6.45, 7) is 0.358. The summed E-state index contributed by atoms with van der Waals surface area (Å²) in [5.41, 5.74) is 5.56. The number of ketones is 1. The van der Waals surface area contributed by atoms with Gasteiger partial charge in [0, 0.05) is 23.6 Å². The number of aromatic nitrogens is 1. The number of para-hydroxylation sites is 1. The number of aliphatic carboxylic acids is 2. The largest absolute Gasteiger partial charge is 0.494 e. The summed E-state index contributed by atoms with van der Waals surface area (Å²) in [7, 11) is 0. The van der Waals surface area contributed by atoms with Crippen LogP contribution in [0.15, 0.2) is 72.9 Å². The number of carbonyl (C=O) groups is 3. The summed E-state index contributed by atoms with van der Waals surface area (Å²) in [4.78, 5) is 35.2. The van der Waals surface area contributed by atoms with Gasteiger partial charge in [0.15, 0.2) is 5.78 Å². The van der Waals surface area contributed by atoms with Gasteiger partial charge in [-0.1, -0.05) is 66.7 Å². The van der Waals surface area contributed by atoms with Crippen molar-refractivity contribution in [3.63, 3.8) is 0 Å². The molecule has 0 radical (unpaired) electrons. The molecule has 1 aliphatic rings. The molecule has 4 aromatic rings. The van der Waals surface area contributed by atoms with Crippen LogP contribution in [0.25, 0.3) is 23.1 Å². The van der Waals surface area contributed by atoms with Crippen LogP contribution in [0.1, 0.15) is 51.9 Å². The van der Waals surface area contributed by atoms with Gasteiger partial charge in [0.1, 0.15) is 12.3 Å². The first-order chi connectivity index (χ1) is 19.4. The zero-order valence-electron chi connectivity index (χ0n) is 22.1. The third-order valence-corrected chi connectivity index (χ3v) is 7.37. The first kappa shape index (κ1) is 26.9. The molecule has 3 aromatic carbocycles. The molecule has 7 heteroatoms. The van der Waals surface area contributed by atoms with Gasteiger partial charge in [-0.3, -0.25) is 14.4 Å². The number of carboxylic acid groups (broad SMARTS) is 2. The summed E-state index contributed by atoms with van der Waals surface area (Å²) in [6.07, 6.45) is 8.14. The molecule has 1 heterocycles. The summed E-state index contributed by atoms with van der Waals surface area (Å²) >= 11 is 0. The van der Waals surface area contributed by atoms with Crippen LogP contribution >= 0.6 is 0 Å². The molecule has 0 spiro atoms.